The zero-order valence-electron chi connectivity index (χ0n) is 5.42. The smallest absolute Gasteiger partial charge is 0.249 e. The third-order valence-corrected chi connectivity index (χ3v) is 2.06. The second-order valence-corrected chi connectivity index (χ2v) is 2.93. The number of aromatic nitrogens is 2. The molecule has 0 spiro atoms. The summed E-state index contributed by atoms with van der Waals surface area (Å²) < 4.78 is 1.53. The molecule has 0 saturated heterocycles. The van der Waals surface area contributed by atoms with Crippen LogP contribution in [0.25, 0.3) is 0 Å². The van der Waals surface area contributed by atoms with Gasteiger partial charge in [-0.1, -0.05) is 6.92 Å². The van der Waals surface area contributed by atoms with Crippen molar-refractivity contribution in [2.75, 3.05) is 0 Å². The molecule has 1 heterocycles. The van der Waals surface area contributed by atoms with Gasteiger partial charge >= 0.3 is 5.69 Å². The summed E-state index contributed by atoms with van der Waals surface area (Å²) >= 11 is 1.41. The molecule has 0 amide bonds. The minimum absolute atomic E-state index is 0.142. The molecule has 0 aliphatic heterocycles. The van der Waals surface area contributed by atoms with E-state index in [1.165, 1.54) is 15.5 Å². The Bertz CT molecular complexity index is 250. The van der Waals surface area contributed by atoms with E-state index in [0.29, 0.717) is 0 Å². The van der Waals surface area contributed by atoms with Crippen molar-refractivity contribution in [3.63, 3.8) is 0 Å². The summed E-state index contributed by atoms with van der Waals surface area (Å²) in [4.78, 5) is 14.4. The van der Waals surface area contributed by atoms with E-state index in [0.717, 1.165) is 11.4 Å². The van der Waals surface area contributed by atoms with Gasteiger partial charge in [0.1, 0.15) is 5.01 Å². The van der Waals surface area contributed by atoms with Crippen molar-refractivity contribution < 1.29 is 0 Å². The van der Waals surface area contributed by atoms with Crippen LogP contribution in [0.2, 0.25) is 0 Å². The van der Waals surface area contributed by atoms with Crippen molar-refractivity contribution in [1.29, 1.82) is 0 Å². The van der Waals surface area contributed by atoms with Crippen molar-refractivity contribution in [1.82, 2.24) is 8.94 Å². The SMILES string of the molecule is CCc1nc(=O)n(C)s1. The highest BCUT2D eigenvalue weighted by atomic mass is 32.1. The number of rotatable bonds is 1. The molecule has 0 atom stereocenters. The molecule has 0 saturated carbocycles. The maximum atomic E-state index is 10.7. The molecule has 0 bridgehead atoms. The van der Waals surface area contributed by atoms with Crippen molar-refractivity contribution in [3.8, 4) is 0 Å². The van der Waals surface area contributed by atoms with E-state index in [-0.39, 0.29) is 5.69 Å². The lowest BCUT2D eigenvalue weighted by Crippen LogP contribution is -2.10. The molecule has 0 aromatic carbocycles. The monoisotopic (exact) mass is 144 g/mol. The first-order valence-electron chi connectivity index (χ1n) is 2.77. The second-order valence-electron chi connectivity index (χ2n) is 1.73. The van der Waals surface area contributed by atoms with E-state index in [9.17, 15) is 4.79 Å². The van der Waals surface area contributed by atoms with Crippen LogP contribution in [0.5, 0.6) is 0 Å². The van der Waals surface area contributed by atoms with Crippen molar-refractivity contribution in [2.24, 2.45) is 7.05 Å². The number of nitrogens with zero attached hydrogens (tertiary/aromatic N) is 2. The largest absolute Gasteiger partial charge is 0.357 e. The van der Waals surface area contributed by atoms with Gasteiger partial charge in [0, 0.05) is 7.05 Å². The van der Waals surface area contributed by atoms with Gasteiger partial charge in [-0.15, -0.1) is 0 Å². The van der Waals surface area contributed by atoms with Crippen molar-refractivity contribution in [3.05, 3.63) is 15.5 Å². The van der Waals surface area contributed by atoms with E-state index in [4.69, 9.17) is 0 Å². The first kappa shape index (κ1) is 6.48. The van der Waals surface area contributed by atoms with Gasteiger partial charge in [0.05, 0.1) is 0 Å². The Labute approximate surface area is 57.1 Å². The van der Waals surface area contributed by atoms with Crippen LogP contribution in [0, 0.1) is 0 Å². The highest BCUT2D eigenvalue weighted by Gasteiger charge is 1.97. The van der Waals surface area contributed by atoms with E-state index >= 15 is 0 Å². The summed E-state index contributed by atoms with van der Waals surface area (Å²) in [6.07, 6.45) is 0.848. The number of aryl methyl sites for hydroxylation is 2. The molecule has 0 aliphatic rings. The van der Waals surface area contributed by atoms with Gasteiger partial charge in [0.2, 0.25) is 0 Å². The second kappa shape index (κ2) is 2.31. The summed E-state index contributed by atoms with van der Waals surface area (Å²) in [7, 11) is 1.72. The first-order chi connectivity index (χ1) is 4.24. The fraction of sp³-hybridized carbons (Fsp3) is 0.600. The Morgan fingerprint density at radius 2 is 2.44 bits per heavy atom. The molecular weight excluding hydrogens is 136 g/mol. The number of hydrogen-bond donors (Lipinski definition) is 0. The van der Waals surface area contributed by atoms with Crippen LogP contribution in [0.4, 0.5) is 0 Å². The molecule has 0 aliphatic carbocycles. The van der Waals surface area contributed by atoms with Gasteiger partial charge in [-0.25, -0.2) is 8.75 Å². The molecule has 1 aromatic heterocycles. The molecule has 0 fully saturated rings. The summed E-state index contributed by atoms with van der Waals surface area (Å²) in [5.74, 6) is 0. The average Bonchev–Trinajstić information content (AvgIpc) is 2.13. The maximum absolute atomic E-state index is 10.7. The van der Waals surface area contributed by atoms with Crippen LogP contribution < -0.4 is 5.69 Å². The van der Waals surface area contributed by atoms with Gasteiger partial charge in [-0.3, -0.25) is 0 Å². The lowest BCUT2D eigenvalue weighted by Gasteiger charge is -1.79. The van der Waals surface area contributed by atoms with Crippen LogP contribution in [0.15, 0.2) is 4.79 Å². The molecule has 0 unspecified atom stereocenters. The third-order valence-electron chi connectivity index (χ3n) is 1.03. The fourth-order valence-corrected chi connectivity index (χ4v) is 1.22. The van der Waals surface area contributed by atoms with Gasteiger partial charge in [-0.05, 0) is 18.0 Å². The number of hydrogen-bond acceptors (Lipinski definition) is 3. The van der Waals surface area contributed by atoms with Gasteiger partial charge < -0.3 is 0 Å². The molecule has 1 aromatic rings. The van der Waals surface area contributed by atoms with E-state index < -0.39 is 0 Å². The highest BCUT2D eigenvalue weighted by molar-refractivity contribution is 7.05. The molecular formula is C5H8N2OS. The Balaban J connectivity index is 3.13. The zero-order chi connectivity index (χ0) is 6.85. The molecule has 0 radical (unpaired) electrons. The molecule has 3 nitrogen and oxygen atoms in total. The Kier molecular flexibility index (Phi) is 1.66. The molecule has 4 heteroatoms. The van der Waals surface area contributed by atoms with Crippen molar-refractivity contribution >= 4 is 11.5 Å². The van der Waals surface area contributed by atoms with Crippen LogP contribution in [-0.2, 0) is 13.5 Å². The van der Waals surface area contributed by atoms with Gasteiger partial charge in [0.15, 0.2) is 0 Å². The maximum Gasteiger partial charge on any atom is 0.357 e. The first-order valence-corrected chi connectivity index (χ1v) is 3.54. The molecule has 0 N–H and O–H groups in total. The molecule has 50 valence electrons. The molecule has 1 rings (SSSR count). The topological polar surface area (TPSA) is 34.9 Å². The third kappa shape index (κ3) is 1.18. The van der Waals surface area contributed by atoms with Crippen LogP contribution in [0.1, 0.15) is 11.9 Å². The summed E-state index contributed by atoms with van der Waals surface area (Å²) in [6.45, 7) is 1.98. The van der Waals surface area contributed by atoms with Crippen LogP contribution in [0.3, 0.4) is 0 Å². The Morgan fingerprint density at radius 1 is 1.78 bits per heavy atom. The average molecular weight is 144 g/mol. The Morgan fingerprint density at radius 3 is 2.67 bits per heavy atom. The lowest BCUT2D eigenvalue weighted by molar-refractivity contribution is 0.921. The van der Waals surface area contributed by atoms with E-state index in [1.807, 2.05) is 6.92 Å². The predicted molar refractivity (Wildman–Crippen MR) is 36.7 cm³/mol. The van der Waals surface area contributed by atoms with E-state index in [1.54, 1.807) is 7.05 Å². The fourth-order valence-electron chi connectivity index (χ4n) is 0.538. The van der Waals surface area contributed by atoms with Crippen molar-refractivity contribution in [2.45, 2.75) is 13.3 Å². The highest BCUT2D eigenvalue weighted by Crippen LogP contribution is 1.98. The normalized spacial score (nSPS) is 10.0. The minimum atomic E-state index is -0.142. The van der Waals surface area contributed by atoms with E-state index in [2.05, 4.69) is 4.98 Å². The van der Waals surface area contributed by atoms with Gasteiger partial charge in [-0.2, -0.15) is 4.98 Å². The van der Waals surface area contributed by atoms with Crippen LogP contribution in [-0.4, -0.2) is 8.94 Å². The quantitative estimate of drug-likeness (QED) is 0.572. The summed E-state index contributed by atoms with van der Waals surface area (Å²) in [6, 6.07) is 0. The minimum Gasteiger partial charge on any atom is -0.249 e. The lowest BCUT2D eigenvalue weighted by atomic mass is 10.5. The van der Waals surface area contributed by atoms with Gasteiger partial charge in [0.25, 0.3) is 0 Å². The molecule has 9 heavy (non-hydrogen) atoms. The Hall–Kier alpha value is -0.640. The van der Waals surface area contributed by atoms with Crippen LogP contribution >= 0.6 is 11.5 Å². The summed E-state index contributed by atoms with van der Waals surface area (Å²) in [5, 5.41) is 0.905. The summed E-state index contributed by atoms with van der Waals surface area (Å²) in [5.41, 5.74) is -0.142. The zero-order valence-corrected chi connectivity index (χ0v) is 6.23. The predicted octanol–water partition coefficient (Wildman–Crippen LogP) is 0.404. The standard InChI is InChI=1S/C5H8N2OS/c1-3-4-6-5(8)7(2)9-4/h3H2,1-2H3.